The van der Waals surface area contributed by atoms with E-state index in [1.807, 2.05) is 29.2 Å². The van der Waals surface area contributed by atoms with E-state index in [0.29, 0.717) is 5.91 Å². The Bertz CT molecular complexity index is 564. The zero-order valence-electron chi connectivity index (χ0n) is 13.0. The third kappa shape index (κ3) is 3.31. The number of nitrogens with zero attached hydrogens (tertiary/aromatic N) is 3. The Kier molecular flexibility index (Phi) is 4.74. The lowest BCUT2D eigenvalue weighted by atomic mass is 10.1. The molecule has 0 atom stereocenters. The molecule has 3 rings (SSSR count). The van der Waals surface area contributed by atoms with E-state index in [1.165, 1.54) is 12.8 Å². The van der Waals surface area contributed by atoms with Gasteiger partial charge in [-0.1, -0.05) is 31.0 Å². The molecule has 1 saturated heterocycles. The summed E-state index contributed by atoms with van der Waals surface area (Å²) in [5.41, 5.74) is 1.84. The van der Waals surface area contributed by atoms with Gasteiger partial charge in [-0.3, -0.25) is 9.69 Å². The minimum atomic E-state index is 0.283. The minimum absolute atomic E-state index is 0.283. The standard InChI is InChI=1S/C18H23N3O/c19-13-16-7-3-4-8-17(16)14-20-9-11-21(12-10-20)18(22)15-5-1-2-6-15/h3-4,7-8,15H,1-2,5-6,9-12,14H2. The van der Waals surface area contributed by atoms with Crippen molar-refractivity contribution < 1.29 is 4.79 Å². The third-order valence-corrected chi connectivity index (χ3v) is 4.92. The highest BCUT2D eigenvalue weighted by atomic mass is 16.2. The number of piperazine rings is 1. The summed E-state index contributed by atoms with van der Waals surface area (Å²) in [5.74, 6) is 0.653. The highest BCUT2D eigenvalue weighted by Gasteiger charge is 2.29. The van der Waals surface area contributed by atoms with Crippen molar-refractivity contribution in [2.75, 3.05) is 26.2 Å². The molecule has 1 aromatic rings. The van der Waals surface area contributed by atoms with Crippen LogP contribution < -0.4 is 0 Å². The van der Waals surface area contributed by atoms with Crippen molar-refractivity contribution >= 4 is 5.91 Å². The van der Waals surface area contributed by atoms with Crippen LogP contribution in [-0.2, 0) is 11.3 Å². The number of carbonyl (C=O) groups excluding carboxylic acids is 1. The molecule has 1 heterocycles. The molecule has 116 valence electrons. The van der Waals surface area contributed by atoms with Gasteiger partial charge in [0.1, 0.15) is 0 Å². The predicted molar refractivity (Wildman–Crippen MR) is 85.0 cm³/mol. The summed E-state index contributed by atoms with van der Waals surface area (Å²) in [6, 6.07) is 10.0. The van der Waals surface area contributed by atoms with Crippen molar-refractivity contribution in [2.45, 2.75) is 32.2 Å². The summed E-state index contributed by atoms with van der Waals surface area (Å²) in [5, 5.41) is 9.16. The lowest BCUT2D eigenvalue weighted by Crippen LogP contribution is -2.49. The molecule has 0 spiro atoms. The van der Waals surface area contributed by atoms with Crippen LogP contribution in [-0.4, -0.2) is 41.9 Å². The molecule has 0 aromatic heterocycles. The van der Waals surface area contributed by atoms with Crippen molar-refractivity contribution in [3.63, 3.8) is 0 Å². The van der Waals surface area contributed by atoms with Crippen LogP contribution in [0.3, 0.4) is 0 Å². The van der Waals surface area contributed by atoms with Crippen molar-refractivity contribution in [2.24, 2.45) is 5.92 Å². The van der Waals surface area contributed by atoms with Gasteiger partial charge in [-0.2, -0.15) is 5.26 Å². The topological polar surface area (TPSA) is 47.3 Å². The molecule has 0 bridgehead atoms. The van der Waals surface area contributed by atoms with Crippen LogP contribution in [0.1, 0.15) is 36.8 Å². The number of benzene rings is 1. The number of rotatable bonds is 3. The van der Waals surface area contributed by atoms with Gasteiger partial charge in [0.2, 0.25) is 5.91 Å². The Morgan fingerprint density at radius 1 is 1.14 bits per heavy atom. The molecule has 2 fully saturated rings. The number of amides is 1. The molecule has 1 amide bonds. The number of carbonyl (C=O) groups is 1. The van der Waals surface area contributed by atoms with Gasteiger partial charge in [0.05, 0.1) is 11.6 Å². The van der Waals surface area contributed by atoms with Crippen LogP contribution in [0.4, 0.5) is 0 Å². The molecular formula is C18H23N3O. The van der Waals surface area contributed by atoms with Gasteiger partial charge in [-0.05, 0) is 24.5 Å². The van der Waals surface area contributed by atoms with Crippen LogP contribution in [0.5, 0.6) is 0 Å². The van der Waals surface area contributed by atoms with E-state index in [4.69, 9.17) is 5.26 Å². The second-order valence-electron chi connectivity index (χ2n) is 6.35. The summed E-state index contributed by atoms with van der Waals surface area (Å²) >= 11 is 0. The predicted octanol–water partition coefficient (Wildman–Crippen LogP) is 2.39. The van der Waals surface area contributed by atoms with Crippen LogP contribution in [0.2, 0.25) is 0 Å². The van der Waals surface area contributed by atoms with Crippen LogP contribution in [0, 0.1) is 17.2 Å². The molecule has 4 heteroatoms. The highest BCUT2D eigenvalue weighted by Crippen LogP contribution is 2.27. The lowest BCUT2D eigenvalue weighted by molar-refractivity contribution is -0.137. The first-order valence-electron chi connectivity index (χ1n) is 8.27. The molecule has 0 N–H and O–H groups in total. The zero-order chi connectivity index (χ0) is 15.4. The molecule has 4 nitrogen and oxygen atoms in total. The second-order valence-corrected chi connectivity index (χ2v) is 6.35. The van der Waals surface area contributed by atoms with Crippen LogP contribution >= 0.6 is 0 Å². The molecule has 1 aromatic carbocycles. The van der Waals surface area contributed by atoms with Gasteiger partial charge in [0, 0.05) is 38.6 Å². The van der Waals surface area contributed by atoms with Gasteiger partial charge in [-0.25, -0.2) is 0 Å². The molecule has 0 radical (unpaired) electrons. The van der Waals surface area contributed by atoms with E-state index in [2.05, 4.69) is 11.0 Å². The quantitative estimate of drug-likeness (QED) is 0.860. The summed E-state index contributed by atoms with van der Waals surface area (Å²) < 4.78 is 0. The average molecular weight is 297 g/mol. The first-order chi connectivity index (χ1) is 10.8. The van der Waals surface area contributed by atoms with E-state index in [-0.39, 0.29) is 5.92 Å². The average Bonchev–Trinajstić information content (AvgIpc) is 3.10. The molecule has 22 heavy (non-hydrogen) atoms. The van der Waals surface area contributed by atoms with Gasteiger partial charge < -0.3 is 4.90 Å². The molecule has 0 unspecified atom stereocenters. The Hall–Kier alpha value is -1.86. The second kappa shape index (κ2) is 6.93. The SMILES string of the molecule is N#Cc1ccccc1CN1CCN(C(=O)C2CCCC2)CC1. The first-order valence-corrected chi connectivity index (χ1v) is 8.27. The van der Waals surface area contributed by atoms with Crippen molar-refractivity contribution in [3.05, 3.63) is 35.4 Å². The monoisotopic (exact) mass is 297 g/mol. The van der Waals surface area contributed by atoms with E-state index in [9.17, 15) is 4.79 Å². The van der Waals surface area contributed by atoms with Gasteiger partial charge >= 0.3 is 0 Å². The van der Waals surface area contributed by atoms with E-state index in [0.717, 1.165) is 56.7 Å². The Labute approximate surface area is 132 Å². The van der Waals surface area contributed by atoms with Crippen LogP contribution in [0.15, 0.2) is 24.3 Å². The summed E-state index contributed by atoms with van der Waals surface area (Å²) in [6.07, 6.45) is 4.58. The van der Waals surface area contributed by atoms with E-state index < -0.39 is 0 Å². The Balaban J connectivity index is 1.53. The van der Waals surface area contributed by atoms with Gasteiger partial charge in [0.25, 0.3) is 0 Å². The smallest absolute Gasteiger partial charge is 0.225 e. The highest BCUT2D eigenvalue weighted by molar-refractivity contribution is 5.79. The van der Waals surface area contributed by atoms with E-state index >= 15 is 0 Å². The maximum atomic E-state index is 12.4. The van der Waals surface area contributed by atoms with Gasteiger partial charge in [-0.15, -0.1) is 0 Å². The maximum Gasteiger partial charge on any atom is 0.225 e. The van der Waals surface area contributed by atoms with Gasteiger partial charge in [0.15, 0.2) is 0 Å². The summed E-state index contributed by atoms with van der Waals surface area (Å²) in [4.78, 5) is 16.8. The van der Waals surface area contributed by atoms with Crippen molar-refractivity contribution in [3.8, 4) is 6.07 Å². The fraction of sp³-hybridized carbons (Fsp3) is 0.556. The zero-order valence-corrected chi connectivity index (χ0v) is 13.0. The fourth-order valence-corrected chi connectivity index (χ4v) is 3.57. The van der Waals surface area contributed by atoms with E-state index in [1.54, 1.807) is 0 Å². The molecule has 2 aliphatic rings. The van der Waals surface area contributed by atoms with Crippen molar-refractivity contribution in [1.82, 2.24) is 9.80 Å². The molecule has 1 saturated carbocycles. The summed E-state index contributed by atoms with van der Waals surface area (Å²) in [7, 11) is 0. The lowest BCUT2D eigenvalue weighted by Gasteiger charge is -2.36. The molecular weight excluding hydrogens is 274 g/mol. The number of hydrogen-bond donors (Lipinski definition) is 0. The fourth-order valence-electron chi connectivity index (χ4n) is 3.57. The normalized spacial score (nSPS) is 20.0. The van der Waals surface area contributed by atoms with Crippen molar-refractivity contribution in [1.29, 1.82) is 5.26 Å². The third-order valence-electron chi connectivity index (χ3n) is 4.92. The number of nitriles is 1. The maximum absolute atomic E-state index is 12.4. The number of hydrogen-bond acceptors (Lipinski definition) is 3. The minimum Gasteiger partial charge on any atom is -0.340 e. The Morgan fingerprint density at radius 2 is 1.82 bits per heavy atom. The molecule has 1 aliphatic heterocycles. The Morgan fingerprint density at radius 3 is 2.50 bits per heavy atom. The summed E-state index contributed by atoms with van der Waals surface area (Å²) in [6.45, 7) is 4.25. The molecule has 1 aliphatic carbocycles. The van der Waals surface area contributed by atoms with Crippen LogP contribution in [0.25, 0.3) is 0 Å². The largest absolute Gasteiger partial charge is 0.340 e. The first kappa shape index (κ1) is 15.1.